The monoisotopic (exact) mass is 383 g/mol. The Morgan fingerprint density at radius 1 is 1.11 bits per heavy atom. The molecule has 3 rings (SSSR count). The summed E-state index contributed by atoms with van der Waals surface area (Å²) in [6, 6.07) is 14.0. The molecule has 0 unspecified atom stereocenters. The minimum atomic E-state index is -0.298. The summed E-state index contributed by atoms with van der Waals surface area (Å²) in [4.78, 5) is 24.9. The molecule has 1 saturated heterocycles. The zero-order valence-corrected chi connectivity index (χ0v) is 15.9. The predicted molar refractivity (Wildman–Crippen MR) is 108 cm³/mol. The van der Waals surface area contributed by atoms with Gasteiger partial charge in [0.2, 0.25) is 5.91 Å². The Kier molecular flexibility index (Phi) is 7.00. The van der Waals surface area contributed by atoms with Gasteiger partial charge in [-0.3, -0.25) is 9.59 Å². The van der Waals surface area contributed by atoms with Gasteiger partial charge in [-0.1, -0.05) is 12.1 Å². The second-order valence-electron chi connectivity index (χ2n) is 6.54. The van der Waals surface area contributed by atoms with Crippen molar-refractivity contribution in [1.29, 1.82) is 0 Å². The number of hydrogen-bond donors (Lipinski definition) is 3. The van der Waals surface area contributed by atoms with E-state index >= 15 is 0 Å². The van der Waals surface area contributed by atoms with Crippen LogP contribution in [0.15, 0.2) is 48.5 Å². The number of nitrogens with one attached hydrogen (secondary N) is 3. The second kappa shape index (κ2) is 9.87. The zero-order valence-electron chi connectivity index (χ0n) is 15.9. The third kappa shape index (κ3) is 5.55. The van der Waals surface area contributed by atoms with E-state index in [1.807, 2.05) is 0 Å². The van der Waals surface area contributed by atoms with Gasteiger partial charge in [0, 0.05) is 18.8 Å². The zero-order chi connectivity index (χ0) is 19.8. The summed E-state index contributed by atoms with van der Waals surface area (Å²) in [5.41, 5.74) is 1.51. The van der Waals surface area contributed by atoms with Crippen molar-refractivity contribution in [1.82, 2.24) is 5.32 Å². The van der Waals surface area contributed by atoms with Crippen molar-refractivity contribution in [2.75, 3.05) is 37.4 Å². The average Bonchev–Trinajstić information content (AvgIpc) is 3.22. The normalized spacial score (nSPS) is 15.8. The Morgan fingerprint density at radius 3 is 2.61 bits per heavy atom. The molecule has 1 heterocycles. The largest absolute Gasteiger partial charge is 0.497 e. The van der Waals surface area contributed by atoms with Gasteiger partial charge < -0.3 is 25.4 Å². The van der Waals surface area contributed by atoms with Gasteiger partial charge in [0.05, 0.1) is 31.0 Å². The number of rotatable bonds is 8. The molecule has 7 nitrogen and oxygen atoms in total. The van der Waals surface area contributed by atoms with Crippen molar-refractivity contribution < 1.29 is 19.1 Å². The van der Waals surface area contributed by atoms with E-state index in [4.69, 9.17) is 9.47 Å². The van der Waals surface area contributed by atoms with E-state index in [2.05, 4.69) is 16.0 Å². The number of para-hydroxylation sites is 1. The maximum absolute atomic E-state index is 12.6. The minimum Gasteiger partial charge on any atom is -0.497 e. The van der Waals surface area contributed by atoms with Crippen LogP contribution in [-0.2, 0) is 9.53 Å². The first kappa shape index (κ1) is 19.9. The molecule has 1 fully saturated rings. The van der Waals surface area contributed by atoms with Crippen molar-refractivity contribution in [2.24, 2.45) is 0 Å². The van der Waals surface area contributed by atoms with Gasteiger partial charge in [-0.05, 0) is 49.2 Å². The Morgan fingerprint density at radius 2 is 1.89 bits per heavy atom. The number of anilines is 2. The average molecular weight is 383 g/mol. The molecule has 0 bridgehead atoms. The molecule has 0 spiro atoms. The smallest absolute Gasteiger partial charge is 0.257 e. The number of amides is 2. The van der Waals surface area contributed by atoms with Gasteiger partial charge in [-0.25, -0.2) is 0 Å². The molecule has 3 N–H and O–H groups in total. The Labute approximate surface area is 164 Å². The summed E-state index contributed by atoms with van der Waals surface area (Å²) in [5.74, 6) is 0.206. The molecule has 0 saturated carbocycles. The van der Waals surface area contributed by atoms with E-state index in [9.17, 15) is 9.59 Å². The molecule has 1 aliphatic rings. The molecule has 1 atom stereocenters. The maximum atomic E-state index is 12.6. The molecule has 2 aromatic rings. The van der Waals surface area contributed by atoms with Crippen LogP contribution in [0.3, 0.4) is 0 Å². The third-order valence-corrected chi connectivity index (χ3v) is 4.48. The number of methoxy groups -OCH3 is 1. The molecule has 0 aliphatic carbocycles. The first-order valence-corrected chi connectivity index (χ1v) is 9.32. The van der Waals surface area contributed by atoms with Crippen LogP contribution in [0.4, 0.5) is 11.4 Å². The lowest BCUT2D eigenvalue weighted by Crippen LogP contribution is -2.34. The fourth-order valence-corrected chi connectivity index (χ4v) is 3.01. The van der Waals surface area contributed by atoms with Gasteiger partial charge in [-0.2, -0.15) is 0 Å². The molecule has 7 heteroatoms. The van der Waals surface area contributed by atoms with E-state index in [1.54, 1.807) is 55.6 Å². The summed E-state index contributed by atoms with van der Waals surface area (Å²) < 4.78 is 10.6. The molecule has 2 amide bonds. The summed E-state index contributed by atoms with van der Waals surface area (Å²) in [6.45, 7) is 1.59. The van der Waals surface area contributed by atoms with E-state index in [1.165, 1.54) is 0 Å². The van der Waals surface area contributed by atoms with Crippen molar-refractivity contribution in [3.8, 4) is 5.75 Å². The highest BCUT2D eigenvalue weighted by Crippen LogP contribution is 2.19. The second-order valence-corrected chi connectivity index (χ2v) is 6.54. The molecule has 0 aromatic heterocycles. The lowest BCUT2D eigenvalue weighted by atomic mass is 10.1. The van der Waals surface area contributed by atoms with Gasteiger partial charge in [0.25, 0.3) is 5.91 Å². The highest BCUT2D eigenvalue weighted by molar-refractivity contribution is 6.10. The van der Waals surface area contributed by atoms with Crippen LogP contribution in [0.5, 0.6) is 5.75 Å². The van der Waals surface area contributed by atoms with E-state index in [0.29, 0.717) is 29.2 Å². The van der Waals surface area contributed by atoms with Crippen LogP contribution in [0, 0.1) is 0 Å². The first-order valence-electron chi connectivity index (χ1n) is 9.32. The third-order valence-electron chi connectivity index (χ3n) is 4.48. The highest BCUT2D eigenvalue weighted by Gasteiger charge is 2.16. The Balaban J connectivity index is 1.56. The van der Waals surface area contributed by atoms with Gasteiger partial charge in [-0.15, -0.1) is 0 Å². The van der Waals surface area contributed by atoms with Crippen molar-refractivity contribution in [3.63, 3.8) is 0 Å². The van der Waals surface area contributed by atoms with Crippen LogP contribution in [0.2, 0.25) is 0 Å². The molecule has 0 radical (unpaired) electrons. The SMILES string of the molecule is COc1ccc(NC(=O)c2ccccc2NC(=O)CNC[C@H]2CCCO2)cc1. The lowest BCUT2D eigenvalue weighted by Gasteiger charge is -2.13. The number of carbonyl (C=O) groups excluding carboxylic acids is 2. The summed E-state index contributed by atoms with van der Waals surface area (Å²) in [5, 5.41) is 8.72. The minimum absolute atomic E-state index is 0.161. The topological polar surface area (TPSA) is 88.7 Å². The van der Waals surface area contributed by atoms with Crippen LogP contribution in [0.25, 0.3) is 0 Å². The van der Waals surface area contributed by atoms with Gasteiger partial charge in [0.15, 0.2) is 0 Å². The van der Waals surface area contributed by atoms with Crippen LogP contribution < -0.4 is 20.7 Å². The van der Waals surface area contributed by atoms with E-state index in [-0.39, 0.29) is 24.5 Å². The van der Waals surface area contributed by atoms with Crippen LogP contribution >= 0.6 is 0 Å². The fourth-order valence-electron chi connectivity index (χ4n) is 3.01. The molecule has 28 heavy (non-hydrogen) atoms. The van der Waals surface area contributed by atoms with Crippen molar-refractivity contribution in [3.05, 3.63) is 54.1 Å². The highest BCUT2D eigenvalue weighted by atomic mass is 16.5. The molecule has 148 valence electrons. The van der Waals surface area contributed by atoms with Gasteiger partial charge in [0.1, 0.15) is 5.75 Å². The van der Waals surface area contributed by atoms with E-state index < -0.39 is 0 Å². The summed E-state index contributed by atoms with van der Waals surface area (Å²) >= 11 is 0. The van der Waals surface area contributed by atoms with Crippen molar-refractivity contribution in [2.45, 2.75) is 18.9 Å². The molecular weight excluding hydrogens is 358 g/mol. The molecule has 2 aromatic carbocycles. The number of benzene rings is 2. The predicted octanol–water partition coefficient (Wildman–Crippen LogP) is 2.65. The fraction of sp³-hybridized carbons (Fsp3) is 0.333. The lowest BCUT2D eigenvalue weighted by molar-refractivity contribution is -0.115. The Hall–Kier alpha value is -2.90. The Bertz CT molecular complexity index is 802. The van der Waals surface area contributed by atoms with Crippen LogP contribution in [-0.4, -0.2) is 44.7 Å². The molecular formula is C21H25N3O4. The first-order chi connectivity index (χ1) is 13.7. The van der Waals surface area contributed by atoms with E-state index in [0.717, 1.165) is 19.4 Å². The number of carbonyl (C=O) groups is 2. The molecule has 1 aliphatic heterocycles. The maximum Gasteiger partial charge on any atom is 0.257 e. The summed E-state index contributed by atoms with van der Waals surface area (Å²) in [7, 11) is 1.59. The number of hydrogen-bond acceptors (Lipinski definition) is 5. The van der Waals surface area contributed by atoms with Gasteiger partial charge >= 0.3 is 0 Å². The summed E-state index contributed by atoms with van der Waals surface area (Å²) in [6.07, 6.45) is 2.26. The standard InChI is InChI=1S/C21H25N3O4/c1-27-16-10-8-15(9-11-16)23-21(26)18-6-2-3-7-19(18)24-20(25)14-22-13-17-5-4-12-28-17/h2-3,6-11,17,22H,4-5,12-14H2,1H3,(H,23,26)(H,24,25)/t17-/m1/s1. The van der Waals surface area contributed by atoms with Crippen molar-refractivity contribution >= 4 is 23.2 Å². The van der Waals surface area contributed by atoms with Crippen LogP contribution in [0.1, 0.15) is 23.2 Å². The quantitative estimate of drug-likeness (QED) is 0.652. The number of ether oxygens (including phenoxy) is 2.